The first kappa shape index (κ1) is 12.8. The van der Waals surface area contributed by atoms with Crippen molar-refractivity contribution in [1.29, 1.82) is 0 Å². The summed E-state index contributed by atoms with van der Waals surface area (Å²) in [6.45, 7) is 0.159. The minimum absolute atomic E-state index is 0.131. The molecule has 1 aromatic heterocycles. The zero-order valence-electron chi connectivity index (χ0n) is 10.6. The van der Waals surface area contributed by atoms with Crippen LogP contribution in [0.3, 0.4) is 0 Å². The third-order valence-corrected chi connectivity index (χ3v) is 3.87. The van der Waals surface area contributed by atoms with Gasteiger partial charge in [0.25, 0.3) is 5.91 Å². The molecule has 0 spiro atoms. The second-order valence-corrected chi connectivity index (χ2v) is 5.09. The highest BCUT2D eigenvalue weighted by Crippen LogP contribution is 2.29. The molecule has 1 saturated heterocycles. The molecule has 6 heteroatoms. The normalized spacial score (nSPS) is 24.9. The maximum absolute atomic E-state index is 13.2. The van der Waals surface area contributed by atoms with Crippen LogP contribution in [0.4, 0.5) is 4.39 Å². The van der Waals surface area contributed by atoms with Crippen LogP contribution in [0.5, 0.6) is 0 Å². The first-order chi connectivity index (χ1) is 9.56. The Morgan fingerprint density at radius 1 is 1.45 bits per heavy atom. The van der Waals surface area contributed by atoms with Gasteiger partial charge in [0, 0.05) is 24.4 Å². The summed E-state index contributed by atoms with van der Waals surface area (Å²) in [6.07, 6.45) is 6.08. The molecule has 2 aliphatic heterocycles. The highest BCUT2D eigenvalue weighted by atomic mass is 19.1. The van der Waals surface area contributed by atoms with Gasteiger partial charge in [-0.2, -0.15) is 4.39 Å². The number of carboxylic acids is 1. The molecule has 3 heterocycles. The largest absolute Gasteiger partial charge is 0.481 e. The van der Waals surface area contributed by atoms with Crippen LogP contribution in [-0.2, 0) is 4.79 Å². The van der Waals surface area contributed by atoms with E-state index >= 15 is 0 Å². The van der Waals surface area contributed by atoms with E-state index in [4.69, 9.17) is 5.11 Å². The summed E-state index contributed by atoms with van der Waals surface area (Å²) >= 11 is 0. The number of aromatic nitrogens is 1. The van der Waals surface area contributed by atoms with Gasteiger partial charge in [-0.15, -0.1) is 0 Å². The molecule has 2 atom stereocenters. The van der Waals surface area contributed by atoms with Crippen LogP contribution in [0.1, 0.15) is 28.8 Å². The molecule has 5 nitrogen and oxygen atoms in total. The lowest BCUT2D eigenvalue weighted by Gasteiger charge is -2.36. The topological polar surface area (TPSA) is 70.5 Å². The summed E-state index contributed by atoms with van der Waals surface area (Å²) in [5.74, 6) is -2.50. The molecular formula is C14H13FN2O3. The lowest BCUT2D eigenvalue weighted by Crippen LogP contribution is -2.47. The first-order valence-corrected chi connectivity index (χ1v) is 6.44. The van der Waals surface area contributed by atoms with Crippen molar-refractivity contribution >= 4 is 18.0 Å². The van der Waals surface area contributed by atoms with E-state index in [1.54, 1.807) is 6.08 Å². The number of carboxylic acid groups (broad SMARTS) is 1. The molecule has 104 valence electrons. The molecule has 0 unspecified atom stereocenters. The number of hydrogen-bond donors (Lipinski definition) is 1. The maximum atomic E-state index is 13.2. The Labute approximate surface area is 114 Å². The SMILES string of the molecule is O=C(O)[C@@H]1CC[C@H]2C=Cc3cnc(F)cc3C(=O)N2C1. The number of carbonyl (C=O) groups is 2. The molecule has 1 amide bonds. The number of amides is 1. The molecular weight excluding hydrogens is 263 g/mol. The Morgan fingerprint density at radius 2 is 2.25 bits per heavy atom. The molecule has 1 N–H and O–H groups in total. The van der Waals surface area contributed by atoms with Gasteiger partial charge in [0.2, 0.25) is 5.95 Å². The van der Waals surface area contributed by atoms with Crippen LogP contribution in [0.25, 0.3) is 6.08 Å². The van der Waals surface area contributed by atoms with Crippen molar-refractivity contribution in [3.63, 3.8) is 0 Å². The second kappa shape index (κ2) is 4.70. The summed E-state index contributed by atoms with van der Waals surface area (Å²) in [5.41, 5.74) is 0.806. The minimum atomic E-state index is -0.898. The summed E-state index contributed by atoms with van der Waals surface area (Å²) in [6, 6.07) is 0.975. The Balaban J connectivity index is 1.98. The fourth-order valence-electron chi connectivity index (χ4n) is 2.76. The monoisotopic (exact) mass is 276 g/mol. The number of hydrogen-bond acceptors (Lipinski definition) is 3. The van der Waals surface area contributed by atoms with Gasteiger partial charge in [-0.05, 0) is 12.8 Å². The molecule has 1 aromatic rings. The average Bonchev–Trinajstić information content (AvgIpc) is 2.57. The van der Waals surface area contributed by atoms with E-state index < -0.39 is 17.8 Å². The van der Waals surface area contributed by atoms with Gasteiger partial charge in [0.05, 0.1) is 17.5 Å². The smallest absolute Gasteiger partial charge is 0.308 e. The van der Waals surface area contributed by atoms with Crippen LogP contribution < -0.4 is 0 Å². The van der Waals surface area contributed by atoms with Crippen LogP contribution in [0, 0.1) is 11.9 Å². The standard InChI is InChI=1S/C14H13FN2O3/c15-12-5-11-8(6-16-12)1-3-10-4-2-9(14(19)20)7-17(10)13(11)18/h1,3,5-6,9-10H,2,4,7H2,(H,19,20)/t9-,10-/m1/s1. The van der Waals surface area contributed by atoms with Gasteiger partial charge < -0.3 is 10.0 Å². The van der Waals surface area contributed by atoms with Gasteiger partial charge in [-0.3, -0.25) is 9.59 Å². The van der Waals surface area contributed by atoms with E-state index in [0.29, 0.717) is 18.4 Å². The maximum Gasteiger partial charge on any atom is 0.308 e. The molecule has 2 aliphatic rings. The van der Waals surface area contributed by atoms with E-state index in [-0.39, 0.29) is 24.1 Å². The highest BCUT2D eigenvalue weighted by Gasteiger charge is 2.35. The Morgan fingerprint density at radius 3 is 3.00 bits per heavy atom. The Kier molecular flexibility index (Phi) is 3.00. The van der Waals surface area contributed by atoms with Crippen molar-refractivity contribution in [2.45, 2.75) is 18.9 Å². The lowest BCUT2D eigenvalue weighted by atomic mass is 9.92. The minimum Gasteiger partial charge on any atom is -0.481 e. The van der Waals surface area contributed by atoms with E-state index in [1.165, 1.54) is 11.1 Å². The van der Waals surface area contributed by atoms with Crippen LogP contribution in [0.15, 0.2) is 18.3 Å². The van der Waals surface area contributed by atoms with Crippen molar-refractivity contribution < 1.29 is 19.1 Å². The van der Waals surface area contributed by atoms with E-state index in [9.17, 15) is 14.0 Å². The van der Waals surface area contributed by atoms with Crippen molar-refractivity contribution in [3.8, 4) is 0 Å². The van der Waals surface area contributed by atoms with Gasteiger partial charge >= 0.3 is 5.97 Å². The number of rotatable bonds is 1. The van der Waals surface area contributed by atoms with E-state index in [2.05, 4.69) is 4.98 Å². The van der Waals surface area contributed by atoms with E-state index in [1.807, 2.05) is 6.08 Å². The number of carbonyl (C=O) groups excluding carboxylic acids is 1. The molecule has 1 fully saturated rings. The van der Waals surface area contributed by atoms with Gasteiger partial charge in [0.1, 0.15) is 0 Å². The number of halogens is 1. The summed E-state index contributed by atoms with van der Waals surface area (Å²) < 4.78 is 13.2. The Bertz CT molecular complexity index is 614. The molecule has 0 radical (unpaired) electrons. The molecule has 20 heavy (non-hydrogen) atoms. The summed E-state index contributed by atoms with van der Waals surface area (Å²) in [4.78, 5) is 28.6. The zero-order chi connectivity index (χ0) is 14.3. The number of fused-ring (bicyclic) bond motifs is 2. The zero-order valence-corrected chi connectivity index (χ0v) is 10.6. The molecule has 0 aliphatic carbocycles. The summed E-state index contributed by atoms with van der Waals surface area (Å²) in [5, 5.41) is 9.10. The molecule has 0 bridgehead atoms. The third-order valence-electron chi connectivity index (χ3n) is 3.87. The predicted octanol–water partition coefficient (Wildman–Crippen LogP) is 1.55. The third kappa shape index (κ3) is 2.07. The van der Waals surface area contributed by atoms with Gasteiger partial charge in [0.15, 0.2) is 0 Å². The fourth-order valence-corrected chi connectivity index (χ4v) is 2.76. The predicted molar refractivity (Wildman–Crippen MR) is 68.4 cm³/mol. The van der Waals surface area contributed by atoms with Gasteiger partial charge in [-0.25, -0.2) is 4.98 Å². The van der Waals surface area contributed by atoms with Gasteiger partial charge in [-0.1, -0.05) is 12.2 Å². The Hall–Kier alpha value is -2.24. The quantitative estimate of drug-likeness (QED) is 0.790. The van der Waals surface area contributed by atoms with Crippen LogP contribution in [-0.4, -0.2) is 39.5 Å². The van der Waals surface area contributed by atoms with Crippen molar-refractivity contribution in [2.24, 2.45) is 5.92 Å². The van der Waals surface area contributed by atoms with Crippen molar-refractivity contribution in [2.75, 3.05) is 6.54 Å². The molecule has 3 rings (SSSR count). The highest BCUT2D eigenvalue weighted by molar-refractivity contribution is 5.99. The van der Waals surface area contributed by atoms with Crippen LogP contribution in [0.2, 0.25) is 0 Å². The molecule has 0 aromatic carbocycles. The van der Waals surface area contributed by atoms with E-state index in [0.717, 1.165) is 6.07 Å². The van der Waals surface area contributed by atoms with Crippen molar-refractivity contribution in [3.05, 3.63) is 35.4 Å². The second-order valence-electron chi connectivity index (χ2n) is 5.09. The lowest BCUT2D eigenvalue weighted by molar-refractivity contribution is -0.143. The number of pyridine rings is 1. The first-order valence-electron chi connectivity index (χ1n) is 6.44. The van der Waals surface area contributed by atoms with Crippen LogP contribution >= 0.6 is 0 Å². The average molecular weight is 276 g/mol. The molecule has 0 saturated carbocycles. The fraction of sp³-hybridized carbons (Fsp3) is 0.357. The van der Waals surface area contributed by atoms with Crippen molar-refractivity contribution in [1.82, 2.24) is 9.88 Å². The number of aliphatic carboxylic acids is 1. The number of nitrogens with zero attached hydrogens (tertiary/aromatic N) is 2. The summed E-state index contributed by atoms with van der Waals surface area (Å²) in [7, 11) is 0. The number of piperidine rings is 1.